The molecule has 0 rings (SSSR count). The Hall–Kier alpha value is -2.07. The van der Waals surface area contributed by atoms with Crippen LogP contribution in [0.15, 0.2) is 28.5 Å². The molecule has 0 bridgehead atoms. The fourth-order valence-corrected chi connectivity index (χ4v) is 0.415. The highest BCUT2D eigenvalue weighted by Crippen LogP contribution is 1.96. The number of allylic oxidation sites excluding steroid dienone is 4. The second-order valence-corrected chi connectivity index (χ2v) is 1.79. The summed E-state index contributed by atoms with van der Waals surface area (Å²) in [4.78, 5) is 3.66. The summed E-state index contributed by atoms with van der Waals surface area (Å²) in [5.74, 6) is 0. The average Bonchev–Trinajstić information content (AvgIpc) is 2.11. The van der Waals surface area contributed by atoms with Gasteiger partial charge in [-0.3, -0.25) is 0 Å². The molecule has 0 aromatic rings. The van der Waals surface area contributed by atoms with Crippen molar-refractivity contribution in [1.82, 2.24) is 0 Å². The Morgan fingerprint density at radius 2 is 2.08 bits per heavy atom. The SMILES string of the molecule is C/C=C/C=N/C(C#N)=C(\N)C#N. The van der Waals surface area contributed by atoms with E-state index < -0.39 is 0 Å². The molecule has 0 aliphatic rings. The standard InChI is InChI=1S/C8H8N4/c1-2-3-4-12-8(6-10)7(11)5-9/h2-4H,11H2,1H3/b3-2+,8-7-,12-4+. The van der Waals surface area contributed by atoms with Gasteiger partial charge in [0.25, 0.3) is 0 Å². The van der Waals surface area contributed by atoms with Gasteiger partial charge in [-0.1, -0.05) is 6.08 Å². The predicted octanol–water partition coefficient (Wildman–Crippen LogP) is 0.851. The summed E-state index contributed by atoms with van der Waals surface area (Å²) in [5.41, 5.74) is 4.94. The number of hydrogen-bond donors (Lipinski definition) is 1. The van der Waals surface area contributed by atoms with E-state index in [0.717, 1.165) is 0 Å². The molecule has 0 unspecified atom stereocenters. The lowest BCUT2D eigenvalue weighted by Gasteiger charge is -1.86. The molecular formula is C8H8N4. The Kier molecular flexibility index (Phi) is 4.71. The minimum Gasteiger partial charge on any atom is -0.388 e. The molecule has 0 aromatic carbocycles. The molecule has 0 atom stereocenters. The number of aliphatic imine (C=N–C) groups is 1. The number of rotatable bonds is 2. The van der Waals surface area contributed by atoms with Crippen LogP contribution in [0.3, 0.4) is 0 Å². The molecule has 0 aromatic heterocycles. The smallest absolute Gasteiger partial charge is 0.174 e. The van der Waals surface area contributed by atoms with Crippen molar-refractivity contribution in [2.45, 2.75) is 6.92 Å². The van der Waals surface area contributed by atoms with E-state index in [0.29, 0.717) is 0 Å². The summed E-state index contributed by atoms with van der Waals surface area (Å²) >= 11 is 0. The molecule has 0 aliphatic carbocycles. The van der Waals surface area contributed by atoms with E-state index in [-0.39, 0.29) is 11.4 Å². The first-order chi connectivity index (χ1) is 5.76. The van der Waals surface area contributed by atoms with E-state index in [4.69, 9.17) is 16.3 Å². The van der Waals surface area contributed by atoms with E-state index in [9.17, 15) is 0 Å². The molecule has 0 saturated carbocycles. The van der Waals surface area contributed by atoms with Gasteiger partial charge in [-0.2, -0.15) is 10.5 Å². The van der Waals surface area contributed by atoms with Crippen molar-refractivity contribution in [2.75, 3.05) is 0 Å². The zero-order valence-electron chi connectivity index (χ0n) is 6.65. The first-order valence-corrected chi connectivity index (χ1v) is 3.21. The van der Waals surface area contributed by atoms with Crippen LogP contribution >= 0.6 is 0 Å². The zero-order chi connectivity index (χ0) is 9.40. The van der Waals surface area contributed by atoms with Crippen molar-refractivity contribution in [3.63, 3.8) is 0 Å². The molecule has 0 aliphatic heterocycles. The fourth-order valence-electron chi connectivity index (χ4n) is 0.415. The Balaban J connectivity index is 4.65. The number of nitriles is 2. The molecule has 0 fully saturated rings. The number of nitrogens with zero attached hydrogens (tertiary/aromatic N) is 3. The lowest BCUT2D eigenvalue weighted by molar-refractivity contribution is 1.27. The van der Waals surface area contributed by atoms with Gasteiger partial charge in [-0.25, -0.2) is 4.99 Å². The maximum atomic E-state index is 8.45. The monoisotopic (exact) mass is 160 g/mol. The molecule has 0 amide bonds. The average molecular weight is 160 g/mol. The van der Waals surface area contributed by atoms with Crippen LogP contribution in [0.1, 0.15) is 6.92 Å². The highest BCUT2D eigenvalue weighted by atomic mass is 14.8. The normalized spacial score (nSPS) is 12.6. The quantitative estimate of drug-likeness (QED) is 0.480. The van der Waals surface area contributed by atoms with Gasteiger partial charge in [0, 0.05) is 6.21 Å². The van der Waals surface area contributed by atoms with Crippen LogP contribution < -0.4 is 5.73 Å². The summed E-state index contributed by atoms with van der Waals surface area (Å²) in [5, 5.41) is 16.8. The molecule has 2 N–H and O–H groups in total. The Labute approximate surface area is 70.9 Å². The minimum absolute atomic E-state index is 0.0596. The molecule has 0 spiro atoms. The zero-order valence-corrected chi connectivity index (χ0v) is 6.65. The lowest BCUT2D eigenvalue weighted by Crippen LogP contribution is -1.97. The molecule has 0 saturated heterocycles. The summed E-state index contributed by atoms with van der Waals surface area (Å²) in [6.45, 7) is 1.81. The van der Waals surface area contributed by atoms with Crippen molar-refractivity contribution in [2.24, 2.45) is 10.7 Å². The third kappa shape index (κ3) is 3.19. The van der Waals surface area contributed by atoms with Gasteiger partial charge in [0.1, 0.15) is 17.8 Å². The summed E-state index contributed by atoms with van der Waals surface area (Å²) in [6, 6.07) is 3.35. The fraction of sp³-hybridized carbons (Fsp3) is 0.125. The largest absolute Gasteiger partial charge is 0.388 e. The van der Waals surface area contributed by atoms with Crippen LogP contribution in [0.25, 0.3) is 0 Å². The maximum Gasteiger partial charge on any atom is 0.174 e. The van der Waals surface area contributed by atoms with Crippen molar-refractivity contribution in [1.29, 1.82) is 10.5 Å². The highest BCUT2D eigenvalue weighted by molar-refractivity contribution is 5.72. The van der Waals surface area contributed by atoms with Crippen LogP contribution in [0, 0.1) is 22.7 Å². The first kappa shape index (κ1) is 9.93. The molecule has 60 valence electrons. The van der Waals surface area contributed by atoms with E-state index in [1.807, 2.05) is 6.92 Å². The van der Waals surface area contributed by atoms with Crippen LogP contribution in [0.5, 0.6) is 0 Å². The molecule has 12 heavy (non-hydrogen) atoms. The van der Waals surface area contributed by atoms with E-state index in [1.165, 1.54) is 6.21 Å². The highest BCUT2D eigenvalue weighted by Gasteiger charge is 1.96. The van der Waals surface area contributed by atoms with Gasteiger partial charge in [0.15, 0.2) is 5.70 Å². The summed E-state index contributed by atoms with van der Waals surface area (Å²) < 4.78 is 0. The van der Waals surface area contributed by atoms with E-state index >= 15 is 0 Å². The van der Waals surface area contributed by atoms with Crippen LogP contribution in [0.2, 0.25) is 0 Å². The molecule has 4 heteroatoms. The second kappa shape index (κ2) is 5.70. The predicted molar refractivity (Wildman–Crippen MR) is 45.7 cm³/mol. The minimum atomic E-state index is -0.168. The van der Waals surface area contributed by atoms with E-state index in [1.54, 1.807) is 24.3 Å². The van der Waals surface area contributed by atoms with Gasteiger partial charge in [0.05, 0.1) is 0 Å². The van der Waals surface area contributed by atoms with Crippen molar-refractivity contribution in [3.8, 4) is 12.1 Å². The Bertz CT molecular complexity index is 309. The van der Waals surface area contributed by atoms with Crippen molar-refractivity contribution in [3.05, 3.63) is 23.5 Å². The molecular weight excluding hydrogens is 152 g/mol. The molecule has 0 radical (unpaired) electrons. The maximum absolute atomic E-state index is 8.45. The van der Waals surface area contributed by atoms with Gasteiger partial charge >= 0.3 is 0 Å². The van der Waals surface area contributed by atoms with Crippen molar-refractivity contribution < 1.29 is 0 Å². The lowest BCUT2D eigenvalue weighted by atomic mass is 10.4. The van der Waals surface area contributed by atoms with Gasteiger partial charge in [-0.05, 0) is 13.0 Å². The number of hydrogen-bond acceptors (Lipinski definition) is 4. The Morgan fingerprint density at radius 1 is 1.42 bits per heavy atom. The Morgan fingerprint density at radius 3 is 2.50 bits per heavy atom. The van der Waals surface area contributed by atoms with Gasteiger partial charge < -0.3 is 5.73 Å². The van der Waals surface area contributed by atoms with E-state index in [2.05, 4.69) is 4.99 Å². The third-order valence-corrected chi connectivity index (χ3v) is 0.964. The van der Waals surface area contributed by atoms with Crippen LogP contribution in [0.4, 0.5) is 0 Å². The van der Waals surface area contributed by atoms with Crippen LogP contribution in [-0.2, 0) is 0 Å². The summed E-state index contributed by atoms with van der Waals surface area (Å²) in [6.07, 6.45) is 4.80. The topological polar surface area (TPSA) is 86.0 Å². The first-order valence-electron chi connectivity index (χ1n) is 3.21. The third-order valence-electron chi connectivity index (χ3n) is 0.964. The summed E-state index contributed by atoms with van der Waals surface area (Å²) in [7, 11) is 0. The molecule has 4 nitrogen and oxygen atoms in total. The van der Waals surface area contributed by atoms with Crippen LogP contribution in [-0.4, -0.2) is 6.21 Å². The second-order valence-electron chi connectivity index (χ2n) is 1.79. The van der Waals surface area contributed by atoms with Gasteiger partial charge in [0.2, 0.25) is 0 Å². The van der Waals surface area contributed by atoms with Crippen molar-refractivity contribution >= 4 is 6.21 Å². The number of nitrogens with two attached hydrogens (primary N) is 1. The van der Waals surface area contributed by atoms with Gasteiger partial charge in [-0.15, -0.1) is 0 Å². The molecule has 0 heterocycles.